The number of hydrogen-bond acceptors (Lipinski definition) is 5. The van der Waals surface area contributed by atoms with E-state index in [1.807, 2.05) is 19.3 Å². The third kappa shape index (κ3) is 3.31. The molecule has 7 nitrogen and oxygen atoms in total. The van der Waals surface area contributed by atoms with E-state index >= 15 is 0 Å². The Morgan fingerprint density at radius 2 is 2.08 bits per heavy atom. The van der Waals surface area contributed by atoms with Crippen molar-refractivity contribution in [2.24, 2.45) is 7.05 Å². The molecule has 0 spiro atoms. The van der Waals surface area contributed by atoms with Crippen molar-refractivity contribution < 1.29 is 9.66 Å². The van der Waals surface area contributed by atoms with Gasteiger partial charge in [-0.05, 0) is 57.4 Å². The summed E-state index contributed by atoms with van der Waals surface area (Å²) in [6.07, 6.45) is 5.77. The molecule has 3 rings (SSSR count). The van der Waals surface area contributed by atoms with Crippen LogP contribution >= 0.6 is 0 Å². The van der Waals surface area contributed by atoms with Gasteiger partial charge >= 0.3 is 5.69 Å². The highest BCUT2D eigenvalue weighted by Gasteiger charge is 2.36. The molecule has 0 saturated carbocycles. The maximum Gasteiger partial charge on any atom is 0.311 e. The van der Waals surface area contributed by atoms with Crippen LogP contribution in [0.15, 0.2) is 24.5 Å². The van der Waals surface area contributed by atoms with Crippen LogP contribution in [0.3, 0.4) is 0 Å². The van der Waals surface area contributed by atoms with Crippen LogP contribution in [-0.4, -0.2) is 38.8 Å². The number of ether oxygens (including phenoxy) is 1. The molecule has 1 saturated heterocycles. The van der Waals surface area contributed by atoms with E-state index in [-0.39, 0.29) is 17.3 Å². The first kappa shape index (κ1) is 18.4. The Balaban J connectivity index is 2.21. The Bertz CT molecular complexity index is 823. The van der Waals surface area contributed by atoms with E-state index in [4.69, 9.17) is 4.74 Å². The number of likely N-dealkylation sites (tertiary alicyclic amines) is 1. The second kappa shape index (κ2) is 6.72. The van der Waals surface area contributed by atoms with Crippen molar-refractivity contribution in [1.29, 1.82) is 0 Å². The fourth-order valence-corrected chi connectivity index (χ4v) is 3.87. The van der Waals surface area contributed by atoms with Crippen LogP contribution in [0, 0.1) is 10.1 Å². The summed E-state index contributed by atoms with van der Waals surface area (Å²) >= 11 is 0. The van der Waals surface area contributed by atoms with Crippen LogP contribution in [0.2, 0.25) is 0 Å². The minimum Gasteiger partial charge on any atom is -0.490 e. The molecular formula is C19H26N4O3. The first-order valence-corrected chi connectivity index (χ1v) is 8.84. The van der Waals surface area contributed by atoms with E-state index in [2.05, 4.69) is 30.8 Å². The predicted molar refractivity (Wildman–Crippen MR) is 100 cm³/mol. The third-order valence-electron chi connectivity index (χ3n) is 5.04. The summed E-state index contributed by atoms with van der Waals surface area (Å²) in [6, 6.07) is 3.67. The zero-order chi connectivity index (χ0) is 19.1. The second-order valence-electron chi connectivity index (χ2n) is 7.79. The van der Waals surface area contributed by atoms with Crippen LogP contribution in [0.4, 0.5) is 5.69 Å². The lowest BCUT2D eigenvalue weighted by Gasteiger charge is -2.38. The Morgan fingerprint density at radius 1 is 1.35 bits per heavy atom. The summed E-state index contributed by atoms with van der Waals surface area (Å²) in [5.74, 6) is 0.304. The molecule has 7 heteroatoms. The number of aryl methyl sites for hydroxylation is 1. The molecule has 2 heterocycles. The first-order chi connectivity index (χ1) is 12.2. The van der Waals surface area contributed by atoms with E-state index in [9.17, 15) is 10.1 Å². The molecule has 0 N–H and O–H groups in total. The fourth-order valence-electron chi connectivity index (χ4n) is 3.87. The summed E-state index contributed by atoms with van der Waals surface area (Å²) in [5.41, 5.74) is 2.80. The fraction of sp³-hybridized carbons (Fsp3) is 0.526. The molecule has 140 valence electrons. The minimum atomic E-state index is -0.390. The molecule has 26 heavy (non-hydrogen) atoms. The average Bonchev–Trinajstić information content (AvgIpc) is 3.21. The van der Waals surface area contributed by atoms with Gasteiger partial charge in [-0.1, -0.05) is 0 Å². The van der Waals surface area contributed by atoms with E-state index < -0.39 is 4.92 Å². The lowest BCUT2D eigenvalue weighted by molar-refractivity contribution is -0.385. The Morgan fingerprint density at radius 3 is 2.62 bits per heavy atom. The molecule has 1 unspecified atom stereocenters. The van der Waals surface area contributed by atoms with Crippen molar-refractivity contribution in [2.75, 3.05) is 13.7 Å². The molecule has 1 aliphatic rings. The molecule has 1 aromatic heterocycles. The van der Waals surface area contributed by atoms with Crippen molar-refractivity contribution in [3.05, 3.63) is 40.2 Å². The third-order valence-corrected chi connectivity index (χ3v) is 5.04. The summed E-state index contributed by atoms with van der Waals surface area (Å²) in [5, 5.41) is 15.8. The number of aromatic nitrogens is 2. The van der Waals surface area contributed by atoms with Crippen molar-refractivity contribution in [2.45, 2.75) is 45.2 Å². The molecule has 1 aromatic carbocycles. The zero-order valence-corrected chi connectivity index (χ0v) is 16.0. The van der Waals surface area contributed by atoms with Gasteiger partial charge in [-0.15, -0.1) is 0 Å². The van der Waals surface area contributed by atoms with Crippen LogP contribution in [0.1, 0.15) is 45.2 Å². The van der Waals surface area contributed by atoms with Crippen molar-refractivity contribution in [3.8, 4) is 16.9 Å². The van der Waals surface area contributed by atoms with Gasteiger partial charge in [-0.3, -0.25) is 19.7 Å². The first-order valence-electron chi connectivity index (χ1n) is 8.84. The summed E-state index contributed by atoms with van der Waals surface area (Å²) in [6.45, 7) is 7.63. The predicted octanol–water partition coefficient (Wildman–Crippen LogP) is 3.94. The van der Waals surface area contributed by atoms with Gasteiger partial charge in [0.1, 0.15) is 0 Å². The topological polar surface area (TPSA) is 73.4 Å². The number of rotatable bonds is 4. The minimum absolute atomic E-state index is 0.0163. The van der Waals surface area contributed by atoms with E-state index in [1.165, 1.54) is 7.11 Å². The number of benzene rings is 1. The summed E-state index contributed by atoms with van der Waals surface area (Å²) < 4.78 is 7.06. The molecule has 1 aliphatic heterocycles. The zero-order valence-electron chi connectivity index (χ0n) is 16.0. The highest BCUT2D eigenvalue weighted by molar-refractivity contribution is 5.72. The summed E-state index contributed by atoms with van der Waals surface area (Å²) in [7, 11) is 3.32. The molecule has 2 aromatic rings. The van der Waals surface area contributed by atoms with E-state index in [0.717, 1.165) is 36.1 Å². The largest absolute Gasteiger partial charge is 0.490 e. The van der Waals surface area contributed by atoms with E-state index in [0.29, 0.717) is 5.75 Å². The van der Waals surface area contributed by atoms with Crippen LogP contribution in [-0.2, 0) is 7.05 Å². The molecule has 0 radical (unpaired) electrons. The maximum atomic E-state index is 11.5. The highest BCUT2D eigenvalue weighted by atomic mass is 16.6. The number of nitro groups is 1. The number of nitro benzene ring substituents is 1. The van der Waals surface area contributed by atoms with Crippen LogP contribution in [0.25, 0.3) is 11.1 Å². The number of nitrogens with zero attached hydrogens (tertiary/aromatic N) is 4. The molecule has 0 amide bonds. The van der Waals surface area contributed by atoms with Gasteiger partial charge in [0.15, 0.2) is 5.75 Å². The SMILES string of the molecule is COc1cc(C2CCCN2C(C)(C)C)c(-c2cnn(C)c2)cc1[N+](=O)[O-]. The van der Waals surface area contributed by atoms with Gasteiger partial charge in [0, 0.05) is 36.5 Å². The highest BCUT2D eigenvalue weighted by Crippen LogP contribution is 2.45. The number of methoxy groups -OCH3 is 1. The maximum absolute atomic E-state index is 11.5. The number of hydrogen-bond donors (Lipinski definition) is 0. The van der Waals surface area contributed by atoms with Gasteiger partial charge in [0.05, 0.1) is 18.2 Å². The Labute approximate surface area is 153 Å². The van der Waals surface area contributed by atoms with E-state index in [1.54, 1.807) is 16.9 Å². The molecule has 1 atom stereocenters. The smallest absolute Gasteiger partial charge is 0.311 e. The Kier molecular flexibility index (Phi) is 4.75. The van der Waals surface area contributed by atoms with Crippen molar-refractivity contribution in [3.63, 3.8) is 0 Å². The van der Waals surface area contributed by atoms with Gasteiger partial charge in [-0.2, -0.15) is 5.10 Å². The summed E-state index contributed by atoms with van der Waals surface area (Å²) in [4.78, 5) is 13.6. The lowest BCUT2D eigenvalue weighted by atomic mass is 9.92. The van der Waals surface area contributed by atoms with Crippen LogP contribution in [0.5, 0.6) is 5.75 Å². The quantitative estimate of drug-likeness (QED) is 0.611. The monoisotopic (exact) mass is 358 g/mol. The second-order valence-corrected chi connectivity index (χ2v) is 7.79. The standard InChI is InChI=1S/C19H26N4O3/c1-19(2,3)22-8-6-7-16(22)15-10-18(26-5)17(23(24)25)9-14(15)13-11-20-21(4)12-13/h9-12,16H,6-8H2,1-5H3. The van der Waals surface area contributed by atoms with Crippen molar-refractivity contribution in [1.82, 2.24) is 14.7 Å². The normalized spacial score (nSPS) is 18.3. The molecule has 0 bridgehead atoms. The lowest BCUT2D eigenvalue weighted by Crippen LogP contribution is -2.40. The van der Waals surface area contributed by atoms with Gasteiger partial charge in [-0.25, -0.2) is 0 Å². The average molecular weight is 358 g/mol. The van der Waals surface area contributed by atoms with Crippen LogP contribution < -0.4 is 4.74 Å². The van der Waals surface area contributed by atoms with Crippen molar-refractivity contribution >= 4 is 5.69 Å². The van der Waals surface area contributed by atoms with Gasteiger partial charge in [0.2, 0.25) is 0 Å². The molecular weight excluding hydrogens is 332 g/mol. The Hall–Kier alpha value is -2.41. The molecule has 1 fully saturated rings. The van der Waals surface area contributed by atoms with Gasteiger partial charge < -0.3 is 4.74 Å². The van der Waals surface area contributed by atoms with Gasteiger partial charge in [0.25, 0.3) is 0 Å². The molecule has 0 aliphatic carbocycles.